The fourth-order valence-electron chi connectivity index (χ4n) is 3.76. The van der Waals surface area contributed by atoms with Crippen molar-refractivity contribution < 1.29 is 28.9 Å². The number of nitrogens with zero attached hydrogens (tertiary/aromatic N) is 3. The number of nitrogens with one attached hydrogen (secondary N) is 1. The predicted octanol–water partition coefficient (Wildman–Crippen LogP) is 4.71. The molecule has 1 N–H and O–H groups in total. The van der Waals surface area contributed by atoms with Gasteiger partial charge in [0, 0.05) is 33.5 Å². The first-order chi connectivity index (χ1) is 15.4. The molecule has 0 radical (unpaired) electrons. The topological polar surface area (TPSA) is 76.6 Å². The van der Waals surface area contributed by atoms with Gasteiger partial charge in [0.2, 0.25) is 5.95 Å². The van der Waals surface area contributed by atoms with E-state index in [-0.39, 0.29) is 38.2 Å². The number of benzene rings is 1. The highest BCUT2D eigenvalue weighted by Crippen LogP contribution is 2.39. The Kier molecular flexibility index (Phi) is 6.78. The molecule has 1 aliphatic carbocycles. The first-order valence-electron chi connectivity index (χ1n) is 10.7. The van der Waals surface area contributed by atoms with E-state index in [9.17, 15) is 18.0 Å². The highest BCUT2D eigenvalue weighted by atomic mass is 19.4. The Labute approximate surface area is 185 Å². The van der Waals surface area contributed by atoms with Crippen molar-refractivity contribution in [3.63, 3.8) is 0 Å². The molecular weight excluding hydrogens is 425 g/mol. The van der Waals surface area contributed by atoms with Gasteiger partial charge < -0.3 is 19.7 Å². The first kappa shape index (κ1) is 22.3. The number of hydrogen-bond acceptors (Lipinski definition) is 6. The molecule has 0 unspecified atom stereocenters. The molecule has 1 aromatic heterocycles. The summed E-state index contributed by atoms with van der Waals surface area (Å²) in [6.45, 7) is 1.74. The minimum Gasteiger partial charge on any atom is -0.406 e. The quantitative estimate of drug-likeness (QED) is 0.684. The molecular formula is C22H27F3N4O3. The zero-order valence-corrected chi connectivity index (χ0v) is 17.5. The van der Waals surface area contributed by atoms with Gasteiger partial charge in [0.05, 0.1) is 5.56 Å². The number of amides is 1. The minimum absolute atomic E-state index is 0. The van der Waals surface area contributed by atoms with Crippen molar-refractivity contribution >= 4 is 11.9 Å². The van der Waals surface area contributed by atoms with Crippen molar-refractivity contribution in [3.05, 3.63) is 47.3 Å². The third-order valence-corrected chi connectivity index (χ3v) is 5.65. The molecule has 0 atom stereocenters. The van der Waals surface area contributed by atoms with Gasteiger partial charge in [-0.15, -0.1) is 13.2 Å². The lowest BCUT2D eigenvalue weighted by Gasteiger charge is -2.27. The maximum atomic E-state index is 12.7. The Balaban J connectivity index is 0.00000306. The molecule has 10 heteroatoms. The minimum atomic E-state index is -4.74. The zero-order chi connectivity index (χ0) is 22.6. The second kappa shape index (κ2) is 9.72. The molecule has 1 aliphatic heterocycles. The number of hydrogen-bond donors (Lipinski definition) is 1. The van der Waals surface area contributed by atoms with Crippen LogP contribution in [-0.2, 0) is 11.3 Å². The second-order valence-corrected chi connectivity index (χ2v) is 8.05. The van der Waals surface area contributed by atoms with Crippen LogP contribution in [0.3, 0.4) is 0 Å². The molecule has 2 heterocycles. The Morgan fingerprint density at radius 1 is 1.19 bits per heavy atom. The Hall–Kier alpha value is -2.88. The number of carbonyl (C=O) groups excluding carboxylic acids is 1. The lowest BCUT2D eigenvalue weighted by atomic mass is 9.79. The average Bonchev–Trinajstić information content (AvgIpc) is 2.99. The van der Waals surface area contributed by atoms with E-state index in [1.165, 1.54) is 24.5 Å². The number of anilines is 1. The van der Waals surface area contributed by atoms with Crippen LogP contribution in [0.15, 0.2) is 30.6 Å². The zero-order valence-electron chi connectivity index (χ0n) is 17.5. The van der Waals surface area contributed by atoms with Crippen LogP contribution in [0.5, 0.6) is 5.75 Å². The van der Waals surface area contributed by atoms with Crippen molar-refractivity contribution in [2.24, 2.45) is 0 Å². The lowest BCUT2D eigenvalue weighted by Crippen LogP contribution is -2.32. The van der Waals surface area contributed by atoms with Crippen LogP contribution in [0.1, 0.15) is 60.9 Å². The molecule has 0 bridgehead atoms. The molecule has 32 heavy (non-hydrogen) atoms. The van der Waals surface area contributed by atoms with E-state index in [1.807, 2.05) is 6.07 Å². The third-order valence-electron chi connectivity index (χ3n) is 5.65. The van der Waals surface area contributed by atoms with Crippen molar-refractivity contribution in [3.8, 4) is 5.75 Å². The van der Waals surface area contributed by atoms with E-state index in [2.05, 4.69) is 20.0 Å². The summed E-state index contributed by atoms with van der Waals surface area (Å²) in [7, 11) is 0. The highest BCUT2D eigenvalue weighted by Gasteiger charge is 2.32. The average molecular weight is 452 g/mol. The number of carbonyl (C=O) groups is 1. The van der Waals surface area contributed by atoms with Gasteiger partial charge in [0.25, 0.3) is 5.91 Å². The van der Waals surface area contributed by atoms with Gasteiger partial charge in [0.1, 0.15) is 12.5 Å². The molecule has 2 aliphatic rings. The predicted molar refractivity (Wildman–Crippen MR) is 112 cm³/mol. The van der Waals surface area contributed by atoms with Gasteiger partial charge in [-0.3, -0.25) is 4.79 Å². The number of halogens is 3. The summed E-state index contributed by atoms with van der Waals surface area (Å²) < 4.78 is 47.7. The fraction of sp³-hybridized carbons (Fsp3) is 0.500. The van der Waals surface area contributed by atoms with Gasteiger partial charge in [0.15, 0.2) is 0 Å². The van der Waals surface area contributed by atoms with Crippen LogP contribution in [0.25, 0.3) is 0 Å². The summed E-state index contributed by atoms with van der Waals surface area (Å²) in [6, 6.07) is 4.71. The van der Waals surface area contributed by atoms with Crippen LogP contribution in [0.2, 0.25) is 0 Å². The van der Waals surface area contributed by atoms with E-state index in [0.717, 1.165) is 37.7 Å². The van der Waals surface area contributed by atoms with Crippen LogP contribution >= 0.6 is 0 Å². The summed E-state index contributed by atoms with van der Waals surface area (Å²) in [4.78, 5) is 22.5. The highest BCUT2D eigenvalue weighted by molar-refractivity contribution is 5.93. The van der Waals surface area contributed by atoms with E-state index < -0.39 is 6.36 Å². The number of alkyl halides is 3. The number of aromatic nitrogens is 2. The lowest BCUT2D eigenvalue weighted by molar-refractivity contribution is -0.274. The Morgan fingerprint density at radius 3 is 2.66 bits per heavy atom. The van der Waals surface area contributed by atoms with Gasteiger partial charge in [-0.25, -0.2) is 9.97 Å². The van der Waals surface area contributed by atoms with Crippen LogP contribution < -0.4 is 10.1 Å². The summed E-state index contributed by atoms with van der Waals surface area (Å²) >= 11 is 0. The molecule has 1 amide bonds. The Morgan fingerprint density at radius 2 is 1.97 bits per heavy atom. The molecule has 174 valence electrons. The molecule has 2 fully saturated rings. The van der Waals surface area contributed by atoms with Crippen molar-refractivity contribution in [1.29, 1.82) is 0 Å². The standard InChI is InChI=1S/C22H25F3N4O3.H2/c23-22(24,25)32-19-9-15(8-17(10-19)16-4-3-5-16)11-26-21-27-12-18(13-28-21)20(30)29-6-1-2-7-31-14-29;/h8-10,12-13,16H,1-7,11,14H2,(H,26,27,28);1H. The van der Waals surface area contributed by atoms with Crippen molar-refractivity contribution in [2.45, 2.75) is 50.9 Å². The summed E-state index contributed by atoms with van der Waals surface area (Å²) in [5.74, 6) is 0.122. The third kappa shape index (κ3) is 5.87. The van der Waals surface area contributed by atoms with Gasteiger partial charge in [-0.05, 0) is 54.9 Å². The SMILES string of the molecule is O=C(c1cnc(NCc2cc(OC(F)(F)F)cc(C3CCC3)c2)nc1)N1CCCCOC1.[HH]. The molecule has 0 spiro atoms. The first-order valence-corrected chi connectivity index (χ1v) is 10.7. The van der Waals surface area contributed by atoms with E-state index in [0.29, 0.717) is 24.3 Å². The monoisotopic (exact) mass is 452 g/mol. The second-order valence-electron chi connectivity index (χ2n) is 8.05. The largest absolute Gasteiger partial charge is 0.573 e. The maximum absolute atomic E-state index is 12.7. The van der Waals surface area contributed by atoms with E-state index >= 15 is 0 Å². The number of rotatable bonds is 6. The summed E-state index contributed by atoms with van der Waals surface area (Å²) in [5, 5.41) is 3.00. The molecule has 4 rings (SSSR count). The molecule has 2 aromatic rings. The van der Waals surface area contributed by atoms with E-state index in [4.69, 9.17) is 4.74 Å². The Bertz CT molecular complexity index is 931. The molecule has 7 nitrogen and oxygen atoms in total. The van der Waals surface area contributed by atoms with Gasteiger partial charge in [-0.2, -0.15) is 0 Å². The smallest absolute Gasteiger partial charge is 0.406 e. The normalized spacial score (nSPS) is 17.4. The summed E-state index contributed by atoms with van der Waals surface area (Å²) in [5.41, 5.74) is 1.84. The molecule has 1 saturated heterocycles. The fourth-order valence-corrected chi connectivity index (χ4v) is 3.76. The van der Waals surface area contributed by atoms with Crippen molar-refractivity contribution in [2.75, 3.05) is 25.2 Å². The summed E-state index contributed by atoms with van der Waals surface area (Å²) in [6.07, 6.45) is 2.92. The molecule has 1 saturated carbocycles. The number of ether oxygens (including phenoxy) is 2. The van der Waals surface area contributed by atoms with Crippen molar-refractivity contribution in [1.82, 2.24) is 14.9 Å². The van der Waals surface area contributed by atoms with Gasteiger partial charge >= 0.3 is 6.36 Å². The maximum Gasteiger partial charge on any atom is 0.573 e. The van der Waals surface area contributed by atoms with Gasteiger partial charge in [-0.1, -0.05) is 12.5 Å². The molecule has 1 aromatic carbocycles. The van der Waals surface area contributed by atoms with Crippen LogP contribution in [0, 0.1) is 0 Å². The van der Waals surface area contributed by atoms with Crippen LogP contribution in [0.4, 0.5) is 19.1 Å². The van der Waals surface area contributed by atoms with E-state index in [1.54, 1.807) is 4.90 Å². The van der Waals surface area contributed by atoms with Crippen LogP contribution in [-0.4, -0.2) is 47.0 Å².